The molecule has 2 fully saturated rings. The van der Waals surface area contributed by atoms with E-state index in [2.05, 4.69) is 4.90 Å². The Morgan fingerprint density at radius 3 is 2.57 bits per heavy atom. The van der Waals surface area contributed by atoms with Gasteiger partial charge in [0.1, 0.15) is 0 Å². The van der Waals surface area contributed by atoms with Crippen LogP contribution in [-0.2, 0) is 4.79 Å². The summed E-state index contributed by atoms with van der Waals surface area (Å²) in [7, 11) is 3.65. The SMILES string of the molecule is CN(C)C(=O)CCCN1CCCCC1C1CCCCC1O. The van der Waals surface area contributed by atoms with Gasteiger partial charge in [0, 0.05) is 32.5 Å². The van der Waals surface area contributed by atoms with Gasteiger partial charge in [-0.05, 0) is 45.2 Å². The molecule has 1 aliphatic heterocycles. The van der Waals surface area contributed by atoms with Crippen molar-refractivity contribution in [1.29, 1.82) is 0 Å². The van der Waals surface area contributed by atoms with Crippen molar-refractivity contribution in [3.63, 3.8) is 0 Å². The average molecular weight is 296 g/mol. The van der Waals surface area contributed by atoms with Crippen molar-refractivity contribution < 1.29 is 9.90 Å². The second-order valence-corrected chi connectivity index (χ2v) is 7.01. The van der Waals surface area contributed by atoms with Crippen molar-refractivity contribution >= 4 is 5.91 Å². The van der Waals surface area contributed by atoms with Crippen LogP contribution in [0.1, 0.15) is 57.8 Å². The van der Waals surface area contributed by atoms with Crippen LogP contribution in [0.3, 0.4) is 0 Å². The van der Waals surface area contributed by atoms with Gasteiger partial charge in [0.2, 0.25) is 5.91 Å². The zero-order valence-electron chi connectivity index (χ0n) is 13.8. The number of hydrogen-bond acceptors (Lipinski definition) is 3. The van der Waals surface area contributed by atoms with Crippen molar-refractivity contribution in [3.05, 3.63) is 0 Å². The maximum atomic E-state index is 11.7. The van der Waals surface area contributed by atoms with Crippen LogP contribution in [0.25, 0.3) is 0 Å². The van der Waals surface area contributed by atoms with Gasteiger partial charge in [0.05, 0.1) is 6.10 Å². The highest BCUT2D eigenvalue weighted by Crippen LogP contribution is 2.34. The molecular formula is C17H32N2O2. The molecule has 1 saturated carbocycles. The van der Waals surface area contributed by atoms with E-state index in [1.807, 2.05) is 14.1 Å². The summed E-state index contributed by atoms with van der Waals surface area (Å²) >= 11 is 0. The van der Waals surface area contributed by atoms with Crippen molar-refractivity contribution in [1.82, 2.24) is 9.80 Å². The first-order chi connectivity index (χ1) is 10.1. The number of rotatable bonds is 5. The van der Waals surface area contributed by atoms with Crippen LogP contribution in [0.4, 0.5) is 0 Å². The molecule has 122 valence electrons. The third-order valence-electron chi connectivity index (χ3n) is 5.27. The molecule has 21 heavy (non-hydrogen) atoms. The van der Waals surface area contributed by atoms with Crippen LogP contribution in [0.5, 0.6) is 0 Å². The summed E-state index contributed by atoms with van der Waals surface area (Å²) < 4.78 is 0. The van der Waals surface area contributed by atoms with Gasteiger partial charge in [-0.25, -0.2) is 0 Å². The second-order valence-electron chi connectivity index (χ2n) is 7.01. The normalized spacial score (nSPS) is 31.1. The molecule has 3 atom stereocenters. The summed E-state index contributed by atoms with van der Waals surface area (Å²) in [5.74, 6) is 0.685. The quantitative estimate of drug-likeness (QED) is 0.846. The third-order valence-corrected chi connectivity index (χ3v) is 5.27. The Labute approximate surface area is 129 Å². The van der Waals surface area contributed by atoms with E-state index in [-0.39, 0.29) is 12.0 Å². The molecule has 0 bridgehead atoms. The molecule has 3 unspecified atom stereocenters. The Balaban J connectivity index is 1.85. The summed E-state index contributed by atoms with van der Waals surface area (Å²) in [5, 5.41) is 10.3. The Bertz CT molecular complexity index is 333. The molecule has 2 aliphatic rings. The van der Waals surface area contributed by atoms with E-state index in [9.17, 15) is 9.90 Å². The van der Waals surface area contributed by atoms with Gasteiger partial charge in [-0.2, -0.15) is 0 Å². The molecule has 0 aromatic carbocycles. The number of aliphatic hydroxyl groups excluding tert-OH is 1. The van der Waals surface area contributed by atoms with Gasteiger partial charge in [-0.3, -0.25) is 9.69 Å². The van der Waals surface area contributed by atoms with Gasteiger partial charge in [-0.15, -0.1) is 0 Å². The van der Waals surface area contributed by atoms with E-state index in [1.54, 1.807) is 4.90 Å². The monoisotopic (exact) mass is 296 g/mol. The highest BCUT2D eigenvalue weighted by atomic mass is 16.3. The van der Waals surface area contributed by atoms with Gasteiger partial charge < -0.3 is 10.0 Å². The number of carbonyl (C=O) groups is 1. The summed E-state index contributed by atoms with van der Waals surface area (Å²) in [4.78, 5) is 15.9. The zero-order valence-corrected chi connectivity index (χ0v) is 13.8. The van der Waals surface area contributed by atoms with E-state index in [0.717, 1.165) is 25.9 Å². The molecule has 1 aliphatic carbocycles. The maximum Gasteiger partial charge on any atom is 0.222 e. The fourth-order valence-corrected chi connectivity index (χ4v) is 4.03. The van der Waals surface area contributed by atoms with Crippen molar-refractivity contribution in [2.24, 2.45) is 5.92 Å². The highest BCUT2D eigenvalue weighted by Gasteiger charge is 2.35. The first-order valence-electron chi connectivity index (χ1n) is 8.72. The van der Waals surface area contributed by atoms with Crippen LogP contribution in [-0.4, -0.2) is 60.1 Å². The average Bonchev–Trinajstić information content (AvgIpc) is 2.48. The number of hydrogen-bond donors (Lipinski definition) is 1. The molecule has 0 aromatic heterocycles. The smallest absolute Gasteiger partial charge is 0.222 e. The fraction of sp³-hybridized carbons (Fsp3) is 0.941. The summed E-state index contributed by atoms with van der Waals surface area (Å²) in [5.41, 5.74) is 0. The third kappa shape index (κ3) is 4.68. The number of nitrogens with zero attached hydrogens (tertiary/aromatic N) is 2. The topological polar surface area (TPSA) is 43.8 Å². The lowest BCUT2D eigenvalue weighted by atomic mass is 9.78. The van der Waals surface area contributed by atoms with E-state index in [1.165, 1.54) is 38.5 Å². The molecule has 2 rings (SSSR count). The van der Waals surface area contributed by atoms with Crippen LogP contribution in [0.15, 0.2) is 0 Å². The molecule has 0 radical (unpaired) electrons. The van der Waals surface area contributed by atoms with Crippen LogP contribution >= 0.6 is 0 Å². The molecule has 4 heteroatoms. The summed E-state index contributed by atoms with van der Waals surface area (Å²) in [6, 6.07) is 0.545. The molecule has 1 amide bonds. The highest BCUT2D eigenvalue weighted by molar-refractivity contribution is 5.75. The molecule has 0 aromatic rings. The first kappa shape index (κ1) is 16.8. The van der Waals surface area contributed by atoms with E-state index in [0.29, 0.717) is 18.4 Å². The van der Waals surface area contributed by atoms with Gasteiger partial charge in [0.15, 0.2) is 0 Å². The predicted molar refractivity (Wildman–Crippen MR) is 85.1 cm³/mol. The lowest BCUT2D eigenvalue weighted by Gasteiger charge is -2.43. The maximum absolute atomic E-state index is 11.7. The van der Waals surface area contributed by atoms with Gasteiger partial charge in [0.25, 0.3) is 0 Å². The lowest BCUT2D eigenvalue weighted by molar-refractivity contribution is -0.128. The van der Waals surface area contributed by atoms with Crippen molar-refractivity contribution in [2.45, 2.75) is 69.9 Å². The number of aliphatic hydroxyl groups is 1. The van der Waals surface area contributed by atoms with Gasteiger partial charge in [-0.1, -0.05) is 19.3 Å². The molecule has 4 nitrogen and oxygen atoms in total. The van der Waals surface area contributed by atoms with Crippen LogP contribution < -0.4 is 0 Å². The van der Waals surface area contributed by atoms with Crippen LogP contribution in [0, 0.1) is 5.92 Å². The van der Waals surface area contributed by atoms with E-state index in [4.69, 9.17) is 0 Å². The van der Waals surface area contributed by atoms with Crippen LogP contribution in [0.2, 0.25) is 0 Å². The first-order valence-corrected chi connectivity index (χ1v) is 8.72. The summed E-state index contributed by atoms with van der Waals surface area (Å²) in [6.45, 7) is 2.15. The molecule has 1 heterocycles. The van der Waals surface area contributed by atoms with Crippen molar-refractivity contribution in [3.8, 4) is 0 Å². The molecular weight excluding hydrogens is 264 g/mol. The van der Waals surface area contributed by atoms with E-state index >= 15 is 0 Å². The number of amides is 1. The fourth-order valence-electron chi connectivity index (χ4n) is 4.03. The Morgan fingerprint density at radius 1 is 1.14 bits per heavy atom. The Morgan fingerprint density at radius 2 is 1.86 bits per heavy atom. The minimum atomic E-state index is -0.104. The lowest BCUT2D eigenvalue weighted by Crippen LogP contribution is -2.49. The Kier molecular flexibility index (Phi) is 6.49. The van der Waals surface area contributed by atoms with E-state index < -0.39 is 0 Å². The second kappa shape index (κ2) is 8.14. The number of carbonyl (C=O) groups excluding carboxylic acids is 1. The standard InChI is InChI=1S/C17H32N2O2/c1-18(2)17(21)11-7-13-19-12-6-5-9-15(19)14-8-3-4-10-16(14)20/h14-16,20H,3-13H2,1-2H3. The largest absolute Gasteiger partial charge is 0.393 e. The summed E-state index contributed by atoms with van der Waals surface area (Å²) in [6.07, 6.45) is 9.87. The molecule has 1 saturated heterocycles. The number of likely N-dealkylation sites (tertiary alicyclic amines) is 1. The predicted octanol–water partition coefficient (Wildman–Crippen LogP) is 2.26. The molecule has 1 N–H and O–H groups in total. The van der Waals surface area contributed by atoms with Gasteiger partial charge >= 0.3 is 0 Å². The van der Waals surface area contributed by atoms with Crippen molar-refractivity contribution in [2.75, 3.05) is 27.2 Å². The molecule has 0 spiro atoms. The Hall–Kier alpha value is -0.610. The minimum Gasteiger partial charge on any atom is -0.393 e. The minimum absolute atomic E-state index is 0.104. The number of piperidine rings is 1. The zero-order chi connectivity index (χ0) is 15.2.